The highest BCUT2D eigenvalue weighted by molar-refractivity contribution is 5.78. The van der Waals surface area contributed by atoms with Gasteiger partial charge in [0.1, 0.15) is 12.1 Å². The predicted molar refractivity (Wildman–Crippen MR) is 65.9 cm³/mol. The van der Waals surface area contributed by atoms with Crippen LogP contribution in [-0.2, 0) is 16.1 Å². The Kier molecular flexibility index (Phi) is 3.07. The second kappa shape index (κ2) is 4.72. The van der Waals surface area contributed by atoms with Crippen LogP contribution >= 0.6 is 0 Å². The quantitative estimate of drug-likeness (QED) is 0.751. The molecule has 1 aromatic heterocycles. The first-order valence-electron chi connectivity index (χ1n) is 6.67. The number of nitrogens with zero attached hydrogens (tertiary/aromatic N) is 3. The normalized spacial score (nSPS) is 32.9. The lowest BCUT2D eigenvalue weighted by Gasteiger charge is -2.27. The number of cyclic esters (lactones) is 1. The fourth-order valence-corrected chi connectivity index (χ4v) is 3.10. The van der Waals surface area contributed by atoms with E-state index in [0.717, 1.165) is 32.4 Å². The Morgan fingerprint density at radius 3 is 3.11 bits per heavy atom. The summed E-state index contributed by atoms with van der Waals surface area (Å²) in [6.07, 6.45) is 6.96. The molecule has 3 heterocycles. The van der Waals surface area contributed by atoms with Gasteiger partial charge in [0.05, 0.1) is 6.54 Å². The summed E-state index contributed by atoms with van der Waals surface area (Å²) in [6, 6.07) is 2.31. The number of rotatable bonds is 3. The van der Waals surface area contributed by atoms with E-state index in [-0.39, 0.29) is 18.1 Å². The number of esters is 1. The zero-order valence-electron chi connectivity index (χ0n) is 10.7. The molecule has 0 aliphatic carbocycles. The van der Waals surface area contributed by atoms with E-state index >= 15 is 0 Å². The van der Waals surface area contributed by atoms with Crippen molar-refractivity contribution in [3.05, 3.63) is 18.5 Å². The highest BCUT2D eigenvalue weighted by atomic mass is 16.6. The van der Waals surface area contributed by atoms with E-state index in [2.05, 4.69) is 10.00 Å². The summed E-state index contributed by atoms with van der Waals surface area (Å²) in [5, 5.41) is 4.25. The third kappa shape index (κ3) is 2.14. The molecule has 5 nitrogen and oxygen atoms in total. The van der Waals surface area contributed by atoms with Gasteiger partial charge in [0.15, 0.2) is 0 Å². The summed E-state index contributed by atoms with van der Waals surface area (Å²) in [4.78, 5) is 14.1. The average Bonchev–Trinajstić information content (AvgIpc) is 3.02. The Balaban J connectivity index is 1.69. The molecular formula is C13H19N3O2. The minimum atomic E-state index is -0.0464. The molecule has 2 fully saturated rings. The molecule has 0 bridgehead atoms. The highest BCUT2D eigenvalue weighted by Crippen LogP contribution is 2.28. The van der Waals surface area contributed by atoms with Gasteiger partial charge in [0, 0.05) is 24.9 Å². The summed E-state index contributed by atoms with van der Waals surface area (Å²) in [6.45, 7) is 3.83. The molecule has 2 aliphatic rings. The van der Waals surface area contributed by atoms with Crippen molar-refractivity contribution in [2.75, 3.05) is 6.54 Å². The Morgan fingerprint density at radius 1 is 1.56 bits per heavy atom. The van der Waals surface area contributed by atoms with Crippen LogP contribution in [0.4, 0.5) is 0 Å². The van der Waals surface area contributed by atoms with Gasteiger partial charge < -0.3 is 4.74 Å². The fourth-order valence-electron chi connectivity index (χ4n) is 3.10. The van der Waals surface area contributed by atoms with Crippen LogP contribution in [-0.4, -0.2) is 45.4 Å². The molecule has 3 rings (SSSR count). The van der Waals surface area contributed by atoms with Crippen LogP contribution in [0.2, 0.25) is 0 Å². The number of hydrogen-bond donors (Lipinski definition) is 0. The lowest BCUT2D eigenvalue weighted by atomic mass is 10.1. The van der Waals surface area contributed by atoms with Crippen LogP contribution in [0.5, 0.6) is 0 Å². The van der Waals surface area contributed by atoms with Crippen molar-refractivity contribution in [1.29, 1.82) is 0 Å². The number of hydrogen-bond acceptors (Lipinski definition) is 4. The molecule has 2 aliphatic heterocycles. The van der Waals surface area contributed by atoms with Crippen LogP contribution in [0.15, 0.2) is 18.5 Å². The molecule has 3 atom stereocenters. The first-order valence-corrected chi connectivity index (χ1v) is 6.67. The Hall–Kier alpha value is -1.36. The zero-order valence-corrected chi connectivity index (χ0v) is 10.7. The minimum absolute atomic E-state index is 0.0388. The molecule has 0 amide bonds. The molecule has 0 unspecified atom stereocenters. The van der Waals surface area contributed by atoms with Crippen molar-refractivity contribution in [2.24, 2.45) is 0 Å². The second-order valence-electron chi connectivity index (χ2n) is 5.26. The van der Waals surface area contributed by atoms with Gasteiger partial charge in [0.2, 0.25) is 0 Å². The lowest BCUT2D eigenvalue weighted by Crippen LogP contribution is -2.43. The summed E-state index contributed by atoms with van der Waals surface area (Å²) in [5.74, 6) is -0.0464. The van der Waals surface area contributed by atoms with Crippen molar-refractivity contribution in [3.63, 3.8) is 0 Å². The highest BCUT2D eigenvalue weighted by Gasteiger charge is 2.41. The van der Waals surface area contributed by atoms with Gasteiger partial charge in [-0.25, -0.2) is 0 Å². The molecule has 0 saturated carbocycles. The maximum Gasteiger partial charge on any atom is 0.323 e. The van der Waals surface area contributed by atoms with Crippen molar-refractivity contribution in [2.45, 2.75) is 50.9 Å². The molecule has 2 saturated heterocycles. The summed E-state index contributed by atoms with van der Waals surface area (Å²) < 4.78 is 7.22. The van der Waals surface area contributed by atoms with Crippen LogP contribution < -0.4 is 0 Å². The topological polar surface area (TPSA) is 47.4 Å². The lowest BCUT2D eigenvalue weighted by molar-refractivity contribution is -0.145. The number of ether oxygens (including phenoxy) is 1. The summed E-state index contributed by atoms with van der Waals surface area (Å²) in [5.41, 5.74) is 0. The van der Waals surface area contributed by atoms with E-state index in [1.165, 1.54) is 0 Å². The molecule has 0 N–H and O–H groups in total. The molecule has 0 spiro atoms. The minimum Gasteiger partial charge on any atom is -0.461 e. The Labute approximate surface area is 107 Å². The summed E-state index contributed by atoms with van der Waals surface area (Å²) >= 11 is 0. The van der Waals surface area contributed by atoms with Crippen molar-refractivity contribution in [1.82, 2.24) is 14.7 Å². The third-order valence-electron chi connectivity index (χ3n) is 3.92. The molecule has 0 radical (unpaired) electrons. The smallest absolute Gasteiger partial charge is 0.323 e. The number of carbonyl (C=O) groups excluding carboxylic acids is 1. The van der Waals surface area contributed by atoms with E-state index in [1.807, 2.05) is 23.9 Å². The van der Waals surface area contributed by atoms with Crippen LogP contribution in [0.1, 0.15) is 26.2 Å². The summed E-state index contributed by atoms with van der Waals surface area (Å²) in [7, 11) is 0. The van der Waals surface area contributed by atoms with Crippen molar-refractivity contribution in [3.8, 4) is 0 Å². The largest absolute Gasteiger partial charge is 0.461 e. The maximum absolute atomic E-state index is 11.8. The van der Waals surface area contributed by atoms with E-state index in [1.54, 1.807) is 6.20 Å². The van der Waals surface area contributed by atoms with E-state index < -0.39 is 0 Å². The van der Waals surface area contributed by atoms with Gasteiger partial charge in [-0.3, -0.25) is 14.4 Å². The maximum atomic E-state index is 11.8. The molecule has 98 valence electrons. The predicted octanol–water partition coefficient (Wildman–Crippen LogP) is 1.05. The molecule has 5 heteroatoms. The first-order chi connectivity index (χ1) is 8.74. The number of carbonyl (C=O) groups is 1. The van der Waals surface area contributed by atoms with E-state index in [0.29, 0.717) is 6.04 Å². The molecule has 0 aromatic carbocycles. The van der Waals surface area contributed by atoms with Gasteiger partial charge in [0.25, 0.3) is 0 Å². The first kappa shape index (κ1) is 11.7. The van der Waals surface area contributed by atoms with Gasteiger partial charge in [-0.1, -0.05) is 0 Å². The molecule has 1 aromatic rings. The number of likely N-dealkylation sites (tertiary alicyclic amines) is 1. The van der Waals surface area contributed by atoms with E-state index in [4.69, 9.17) is 4.74 Å². The monoisotopic (exact) mass is 249 g/mol. The van der Waals surface area contributed by atoms with Gasteiger partial charge in [-0.05, 0) is 32.4 Å². The van der Waals surface area contributed by atoms with Crippen LogP contribution in [0.3, 0.4) is 0 Å². The Morgan fingerprint density at radius 2 is 2.44 bits per heavy atom. The van der Waals surface area contributed by atoms with Gasteiger partial charge >= 0.3 is 5.97 Å². The second-order valence-corrected chi connectivity index (χ2v) is 5.26. The van der Waals surface area contributed by atoms with Crippen LogP contribution in [0, 0.1) is 0 Å². The van der Waals surface area contributed by atoms with E-state index in [9.17, 15) is 4.79 Å². The fraction of sp³-hybridized carbons (Fsp3) is 0.692. The van der Waals surface area contributed by atoms with Crippen molar-refractivity contribution >= 4 is 5.97 Å². The average molecular weight is 249 g/mol. The molecule has 18 heavy (non-hydrogen) atoms. The third-order valence-corrected chi connectivity index (χ3v) is 3.92. The van der Waals surface area contributed by atoms with Crippen LogP contribution in [0.25, 0.3) is 0 Å². The van der Waals surface area contributed by atoms with Crippen molar-refractivity contribution < 1.29 is 9.53 Å². The Bertz CT molecular complexity index is 418. The molecular weight excluding hydrogens is 230 g/mol. The van der Waals surface area contributed by atoms with Gasteiger partial charge in [-0.2, -0.15) is 5.10 Å². The standard InChI is InChI=1S/C13H19N3O2/c1-10-8-12(13(17)18-10)16-7-2-4-11(16)9-15-6-3-5-14-15/h3,5-6,10-12H,2,4,7-9H2,1H3/t10-,11+,12-/m1/s1. The zero-order chi connectivity index (χ0) is 12.5. The SMILES string of the molecule is C[C@@H]1C[C@@H](N2CCC[C@H]2Cn2cccn2)C(=O)O1. The number of aromatic nitrogens is 2. The van der Waals surface area contributed by atoms with Gasteiger partial charge in [-0.15, -0.1) is 0 Å².